The average molecular weight is 474 g/mol. The summed E-state index contributed by atoms with van der Waals surface area (Å²) in [6, 6.07) is 7.05. The Morgan fingerprint density at radius 3 is 2.35 bits per heavy atom. The fourth-order valence-electron chi connectivity index (χ4n) is 3.44. The zero-order chi connectivity index (χ0) is 17.9. The number of rotatable bonds is 4. The summed E-state index contributed by atoms with van der Waals surface area (Å²) in [6.45, 7) is 8.04. The highest BCUT2D eigenvalue weighted by molar-refractivity contribution is 14.0. The molecule has 3 rings (SSSR count). The van der Waals surface area contributed by atoms with E-state index < -0.39 is 0 Å². The number of carbonyl (C=O) groups is 1. The van der Waals surface area contributed by atoms with Gasteiger partial charge in [-0.05, 0) is 31.4 Å². The van der Waals surface area contributed by atoms with Gasteiger partial charge in [0.2, 0.25) is 5.91 Å². The summed E-state index contributed by atoms with van der Waals surface area (Å²) in [5.41, 5.74) is 0.642. The number of guanidine groups is 1. The van der Waals surface area contributed by atoms with E-state index in [9.17, 15) is 9.18 Å². The normalized spacial score (nSPS) is 19.0. The highest BCUT2D eigenvalue weighted by Gasteiger charge is 2.46. The maximum atomic E-state index is 14.2. The van der Waals surface area contributed by atoms with E-state index in [1.54, 1.807) is 13.0 Å². The first kappa shape index (κ1) is 20.9. The first-order valence-corrected chi connectivity index (χ1v) is 9.09. The number of halogens is 2. The quantitative estimate of drug-likeness (QED) is 0.415. The van der Waals surface area contributed by atoms with Crippen LogP contribution in [0, 0.1) is 5.82 Å². The van der Waals surface area contributed by atoms with Gasteiger partial charge in [-0.1, -0.05) is 18.2 Å². The minimum Gasteiger partial charge on any atom is -0.357 e. The molecule has 26 heavy (non-hydrogen) atoms. The molecule has 144 valence electrons. The van der Waals surface area contributed by atoms with Crippen molar-refractivity contribution in [2.75, 3.05) is 39.3 Å². The number of nitrogens with one attached hydrogen (secondary N) is 1. The van der Waals surface area contributed by atoms with Gasteiger partial charge in [0.15, 0.2) is 5.96 Å². The van der Waals surface area contributed by atoms with Crippen molar-refractivity contribution in [3.63, 3.8) is 0 Å². The molecule has 2 aliphatic rings. The van der Waals surface area contributed by atoms with Crippen LogP contribution in [0.15, 0.2) is 29.3 Å². The van der Waals surface area contributed by atoms with Crippen LogP contribution < -0.4 is 5.32 Å². The molecule has 1 aliphatic heterocycles. The zero-order valence-electron chi connectivity index (χ0n) is 15.5. The second-order valence-corrected chi connectivity index (χ2v) is 6.92. The lowest BCUT2D eigenvalue weighted by Gasteiger charge is -2.36. The molecule has 5 nitrogen and oxygen atoms in total. The van der Waals surface area contributed by atoms with Crippen molar-refractivity contribution in [2.45, 2.75) is 32.1 Å². The van der Waals surface area contributed by atoms with E-state index in [4.69, 9.17) is 4.99 Å². The summed E-state index contributed by atoms with van der Waals surface area (Å²) in [5.74, 6) is 0.863. The van der Waals surface area contributed by atoms with Gasteiger partial charge in [-0.15, -0.1) is 24.0 Å². The Bertz CT molecular complexity index is 655. The SMILES string of the molecule is CCNC(=NCC1(c2ccccc2F)CC1)N1CCN(C(C)=O)CC1.I. The van der Waals surface area contributed by atoms with E-state index in [2.05, 4.69) is 10.2 Å². The van der Waals surface area contributed by atoms with Crippen LogP contribution in [0.25, 0.3) is 0 Å². The molecule has 1 aromatic rings. The van der Waals surface area contributed by atoms with E-state index in [1.165, 1.54) is 6.07 Å². The molecule has 1 saturated carbocycles. The molecule has 0 bridgehead atoms. The highest BCUT2D eigenvalue weighted by Crippen LogP contribution is 2.49. The Morgan fingerprint density at radius 1 is 1.19 bits per heavy atom. The molecular weight excluding hydrogens is 446 g/mol. The Hall–Kier alpha value is -1.38. The molecular formula is C19H28FIN4O. The van der Waals surface area contributed by atoms with Gasteiger partial charge < -0.3 is 15.1 Å². The molecule has 0 radical (unpaired) electrons. The third kappa shape index (κ3) is 4.66. The van der Waals surface area contributed by atoms with E-state index in [0.717, 1.165) is 57.1 Å². The summed E-state index contributed by atoms with van der Waals surface area (Å²) >= 11 is 0. The Kier molecular flexibility index (Phi) is 7.25. The van der Waals surface area contributed by atoms with Crippen molar-refractivity contribution < 1.29 is 9.18 Å². The van der Waals surface area contributed by atoms with E-state index >= 15 is 0 Å². The van der Waals surface area contributed by atoms with Crippen LogP contribution in [-0.2, 0) is 10.2 Å². The molecule has 1 aliphatic carbocycles. The van der Waals surface area contributed by atoms with E-state index in [-0.39, 0.29) is 41.1 Å². The zero-order valence-corrected chi connectivity index (χ0v) is 17.8. The molecule has 1 saturated heterocycles. The minimum atomic E-state index is -0.146. The second kappa shape index (κ2) is 9.01. The fraction of sp³-hybridized carbons (Fsp3) is 0.579. The number of hydrogen-bond acceptors (Lipinski definition) is 2. The standard InChI is InChI=1S/C19H27FN4O.HI/c1-3-21-18(24-12-10-23(11-13-24)15(2)25)22-14-19(8-9-19)16-6-4-5-7-17(16)20;/h4-7H,3,8-14H2,1-2H3,(H,21,22);1H. The van der Waals surface area contributed by atoms with Crippen LogP contribution in [0.1, 0.15) is 32.3 Å². The van der Waals surface area contributed by atoms with Crippen LogP contribution in [0.5, 0.6) is 0 Å². The van der Waals surface area contributed by atoms with Gasteiger partial charge in [-0.25, -0.2) is 4.39 Å². The van der Waals surface area contributed by atoms with Crippen molar-refractivity contribution in [3.05, 3.63) is 35.6 Å². The topological polar surface area (TPSA) is 47.9 Å². The predicted molar refractivity (Wildman–Crippen MR) is 113 cm³/mol. The first-order valence-electron chi connectivity index (χ1n) is 9.09. The van der Waals surface area contributed by atoms with Gasteiger partial charge in [0.1, 0.15) is 5.82 Å². The van der Waals surface area contributed by atoms with Gasteiger partial charge >= 0.3 is 0 Å². The van der Waals surface area contributed by atoms with Crippen molar-refractivity contribution in [1.29, 1.82) is 0 Å². The lowest BCUT2D eigenvalue weighted by Crippen LogP contribution is -2.53. The van der Waals surface area contributed by atoms with Crippen LogP contribution in [0.2, 0.25) is 0 Å². The number of nitrogens with zero attached hydrogens (tertiary/aromatic N) is 3. The van der Waals surface area contributed by atoms with Gasteiger partial charge in [0, 0.05) is 45.1 Å². The van der Waals surface area contributed by atoms with Crippen LogP contribution in [0.3, 0.4) is 0 Å². The first-order chi connectivity index (χ1) is 12.1. The fourth-order valence-corrected chi connectivity index (χ4v) is 3.44. The van der Waals surface area contributed by atoms with Crippen LogP contribution >= 0.6 is 24.0 Å². The number of carbonyl (C=O) groups excluding carboxylic acids is 1. The molecule has 1 heterocycles. The van der Waals surface area contributed by atoms with Gasteiger partial charge in [-0.3, -0.25) is 9.79 Å². The summed E-state index contributed by atoms with van der Waals surface area (Å²) in [4.78, 5) is 20.4. The Morgan fingerprint density at radius 2 is 1.81 bits per heavy atom. The van der Waals surface area contributed by atoms with Crippen LogP contribution in [0.4, 0.5) is 4.39 Å². The number of hydrogen-bond donors (Lipinski definition) is 1. The van der Waals surface area contributed by atoms with Gasteiger partial charge in [-0.2, -0.15) is 0 Å². The van der Waals surface area contributed by atoms with E-state index in [0.29, 0.717) is 6.54 Å². The van der Waals surface area contributed by atoms with E-state index in [1.807, 2.05) is 24.0 Å². The monoisotopic (exact) mass is 474 g/mol. The van der Waals surface area contributed by atoms with Gasteiger partial charge in [0.05, 0.1) is 6.54 Å². The summed E-state index contributed by atoms with van der Waals surface area (Å²) < 4.78 is 14.2. The number of aliphatic imine (C=N–C) groups is 1. The number of benzene rings is 1. The molecule has 0 aromatic heterocycles. The average Bonchev–Trinajstić information content (AvgIpc) is 3.40. The second-order valence-electron chi connectivity index (χ2n) is 6.92. The molecule has 0 atom stereocenters. The third-order valence-corrected chi connectivity index (χ3v) is 5.19. The summed E-state index contributed by atoms with van der Waals surface area (Å²) in [6.07, 6.45) is 1.96. The molecule has 2 fully saturated rings. The number of piperazine rings is 1. The third-order valence-electron chi connectivity index (χ3n) is 5.19. The van der Waals surface area contributed by atoms with Crippen LogP contribution in [-0.4, -0.2) is 60.9 Å². The molecule has 1 N–H and O–H groups in total. The number of amides is 1. The van der Waals surface area contributed by atoms with Gasteiger partial charge in [0.25, 0.3) is 0 Å². The van der Waals surface area contributed by atoms with Crippen molar-refractivity contribution in [1.82, 2.24) is 15.1 Å². The molecule has 0 unspecified atom stereocenters. The Labute approximate surface area is 172 Å². The molecule has 1 aromatic carbocycles. The van der Waals surface area contributed by atoms with Crippen molar-refractivity contribution in [2.24, 2.45) is 4.99 Å². The minimum absolute atomic E-state index is 0. The summed E-state index contributed by atoms with van der Waals surface area (Å²) in [5, 5.41) is 3.34. The maximum Gasteiger partial charge on any atom is 0.219 e. The highest BCUT2D eigenvalue weighted by atomic mass is 127. The summed E-state index contributed by atoms with van der Waals surface area (Å²) in [7, 11) is 0. The largest absolute Gasteiger partial charge is 0.357 e. The molecule has 1 amide bonds. The maximum absolute atomic E-state index is 14.2. The van der Waals surface area contributed by atoms with Crippen molar-refractivity contribution in [3.8, 4) is 0 Å². The predicted octanol–water partition coefficient (Wildman–Crippen LogP) is 2.60. The van der Waals surface area contributed by atoms with Crippen molar-refractivity contribution >= 4 is 35.8 Å². The molecule has 0 spiro atoms. The Balaban J connectivity index is 0.00000243. The smallest absolute Gasteiger partial charge is 0.219 e. The lowest BCUT2D eigenvalue weighted by atomic mass is 9.95. The molecule has 7 heteroatoms. The lowest BCUT2D eigenvalue weighted by molar-refractivity contribution is -0.130.